The second-order valence-corrected chi connectivity index (χ2v) is 4.34. The fraction of sp³-hybridized carbons (Fsp3) is 0.143. The lowest BCUT2D eigenvalue weighted by Gasteiger charge is -2.27. The summed E-state index contributed by atoms with van der Waals surface area (Å²) in [5.41, 5.74) is 1.42. The fourth-order valence-electron chi connectivity index (χ4n) is 1.93. The average molecular weight is 278 g/mol. The number of urea groups is 1. The fourth-order valence-corrected chi connectivity index (χ4v) is 1.93. The van der Waals surface area contributed by atoms with E-state index in [1.54, 1.807) is 37.4 Å². The normalized spacial score (nSPS) is 12.1. The maximum Gasteiger partial charge on any atom is 0.321 e. The number of anilines is 2. The number of nitrogens with one attached hydrogen (secondary N) is 2. The first-order chi connectivity index (χ1) is 10.1. The van der Waals surface area contributed by atoms with Crippen molar-refractivity contribution < 1.29 is 4.79 Å². The molecule has 1 aromatic carbocycles. The summed E-state index contributed by atoms with van der Waals surface area (Å²) in [6.45, 7) is 0.436. The Bertz CT molecular complexity index is 743. The van der Waals surface area contributed by atoms with Gasteiger partial charge in [0.2, 0.25) is 0 Å². The van der Waals surface area contributed by atoms with E-state index in [0.717, 1.165) is 5.56 Å². The van der Waals surface area contributed by atoms with Crippen molar-refractivity contribution >= 4 is 17.4 Å². The molecule has 0 fully saturated rings. The molecule has 0 aromatic heterocycles. The molecular weight excluding hydrogens is 268 g/mol. The molecule has 0 unspecified atom stereocenters. The lowest BCUT2D eigenvalue weighted by Crippen LogP contribution is -2.35. The van der Waals surface area contributed by atoms with Crippen LogP contribution in [0.25, 0.3) is 0 Å². The van der Waals surface area contributed by atoms with Gasteiger partial charge in [-0.25, -0.2) is 4.79 Å². The van der Waals surface area contributed by atoms with Crippen LogP contribution in [0.15, 0.2) is 29.5 Å². The molecular formula is C14H10N6O. The second-order valence-electron chi connectivity index (χ2n) is 4.34. The highest BCUT2D eigenvalue weighted by molar-refractivity contribution is 5.96. The van der Waals surface area contributed by atoms with Gasteiger partial charge in [-0.1, -0.05) is 12.1 Å². The monoisotopic (exact) mass is 278 g/mol. The number of carbonyl (C=O) groups excluding carboxylic acids is 1. The van der Waals surface area contributed by atoms with E-state index in [4.69, 9.17) is 15.8 Å². The van der Waals surface area contributed by atoms with Crippen molar-refractivity contribution in [2.45, 2.75) is 6.54 Å². The van der Waals surface area contributed by atoms with Gasteiger partial charge in [0.1, 0.15) is 23.9 Å². The van der Waals surface area contributed by atoms with Crippen molar-refractivity contribution in [1.29, 1.82) is 15.8 Å². The van der Waals surface area contributed by atoms with Crippen molar-refractivity contribution in [3.05, 3.63) is 35.0 Å². The van der Waals surface area contributed by atoms with E-state index in [9.17, 15) is 4.79 Å². The summed E-state index contributed by atoms with van der Waals surface area (Å²) in [5, 5.41) is 32.1. The van der Waals surface area contributed by atoms with Crippen molar-refractivity contribution in [1.82, 2.24) is 4.90 Å². The van der Waals surface area contributed by atoms with Crippen LogP contribution in [-0.4, -0.2) is 18.0 Å². The number of nitrogens with zero attached hydrogens (tertiary/aromatic N) is 4. The average Bonchev–Trinajstić information content (AvgIpc) is 2.49. The summed E-state index contributed by atoms with van der Waals surface area (Å²) < 4.78 is 0. The molecule has 0 radical (unpaired) electrons. The number of amides is 2. The molecule has 0 aliphatic carbocycles. The van der Waals surface area contributed by atoms with Gasteiger partial charge in [-0.2, -0.15) is 15.8 Å². The highest BCUT2D eigenvalue weighted by atomic mass is 16.2. The highest BCUT2D eigenvalue weighted by Crippen LogP contribution is 2.31. The van der Waals surface area contributed by atoms with Crippen molar-refractivity contribution in [2.75, 3.05) is 17.7 Å². The highest BCUT2D eigenvalue weighted by Gasteiger charge is 2.22. The van der Waals surface area contributed by atoms with Gasteiger partial charge in [-0.05, 0) is 11.6 Å². The SMILES string of the molecule is CN1Cc2cccc(NC(C#N)=C(C#N)C#N)c2NC1=O. The largest absolute Gasteiger partial charge is 0.343 e. The van der Waals surface area contributed by atoms with Gasteiger partial charge in [-0.15, -0.1) is 0 Å². The van der Waals surface area contributed by atoms with Crippen LogP contribution in [0.5, 0.6) is 0 Å². The molecule has 7 nitrogen and oxygen atoms in total. The number of allylic oxidation sites excluding steroid dienone is 2. The van der Waals surface area contributed by atoms with Gasteiger partial charge in [-0.3, -0.25) is 0 Å². The van der Waals surface area contributed by atoms with Gasteiger partial charge >= 0.3 is 6.03 Å². The van der Waals surface area contributed by atoms with Crippen molar-refractivity contribution in [2.24, 2.45) is 0 Å². The summed E-state index contributed by atoms with van der Waals surface area (Å²) in [5.74, 6) is 0. The predicted octanol–water partition coefficient (Wildman–Crippen LogP) is 1.90. The van der Waals surface area contributed by atoms with Crippen LogP contribution >= 0.6 is 0 Å². The van der Waals surface area contributed by atoms with Crippen molar-refractivity contribution in [3.63, 3.8) is 0 Å². The van der Waals surface area contributed by atoms with Crippen LogP contribution in [-0.2, 0) is 6.54 Å². The van der Waals surface area contributed by atoms with Crippen LogP contribution in [0.3, 0.4) is 0 Å². The predicted molar refractivity (Wildman–Crippen MR) is 74.4 cm³/mol. The number of hydrogen-bond donors (Lipinski definition) is 2. The number of benzene rings is 1. The van der Waals surface area contributed by atoms with Gasteiger partial charge in [0, 0.05) is 13.6 Å². The Balaban J connectivity index is 2.45. The Morgan fingerprint density at radius 2 is 2.00 bits per heavy atom. The minimum Gasteiger partial charge on any atom is -0.343 e. The molecule has 21 heavy (non-hydrogen) atoms. The first-order valence-corrected chi connectivity index (χ1v) is 5.96. The molecule has 0 spiro atoms. The zero-order valence-corrected chi connectivity index (χ0v) is 11.1. The lowest BCUT2D eigenvalue weighted by molar-refractivity contribution is 0.218. The third kappa shape index (κ3) is 2.60. The molecule has 102 valence electrons. The van der Waals surface area contributed by atoms with E-state index in [1.807, 2.05) is 6.07 Å². The number of nitriles is 3. The van der Waals surface area contributed by atoms with Gasteiger partial charge in [0.25, 0.3) is 0 Å². The Hall–Kier alpha value is -3.50. The van der Waals surface area contributed by atoms with Gasteiger partial charge < -0.3 is 15.5 Å². The van der Waals surface area contributed by atoms with Gasteiger partial charge in [0.05, 0.1) is 11.4 Å². The smallest absolute Gasteiger partial charge is 0.321 e. The maximum atomic E-state index is 11.7. The summed E-state index contributed by atoms with van der Waals surface area (Å²) in [7, 11) is 1.67. The summed E-state index contributed by atoms with van der Waals surface area (Å²) >= 11 is 0. The molecule has 0 saturated carbocycles. The van der Waals surface area contributed by atoms with E-state index in [2.05, 4.69) is 10.6 Å². The topological polar surface area (TPSA) is 116 Å². The summed E-state index contributed by atoms with van der Waals surface area (Å²) in [6, 6.07) is 10.1. The number of fused-ring (bicyclic) bond motifs is 1. The molecule has 1 aliphatic rings. The number of hydrogen-bond acceptors (Lipinski definition) is 5. The van der Waals surface area contributed by atoms with E-state index in [1.165, 1.54) is 4.90 Å². The minimum atomic E-state index is -0.311. The van der Waals surface area contributed by atoms with Crippen LogP contribution in [0.2, 0.25) is 0 Å². The molecule has 2 N–H and O–H groups in total. The summed E-state index contributed by atoms with van der Waals surface area (Å²) in [4.78, 5) is 13.2. The molecule has 0 saturated heterocycles. The second kappa shape index (κ2) is 5.64. The first-order valence-electron chi connectivity index (χ1n) is 5.96. The number of para-hydroxylation sites is 1. The third-order valence-electron chi connectivity index (χ3n) is 2.98. The molecule has 0 atom stereocenters. The standard InChI is InChI=1S/C14H10N6O/c1-20-8-9-3-2-4-11(13(9)19-14(20)21)18-12(7-17)10(5-15)6-16/h2-4,18H,8H2,1H3,(H,19,21). The van der Waals surface area contributed by atoms with Crippen LogP contribution in [0, 0.1) is 34.0 Å². The Kier molecular flexibility index (Phi) is 3.74. The lowest BCUT2D eigenvalue weighted by atomic mass is 10.1. The zero-order chi connectivity index (χ0) is 15.4. The van der Waals surface area contributed by atoms with Gasteiger partial charge in [0.15, 0.2) is 5.57 Å². The molecule has 2 rings (SSSR count). The first kappa shape index (κ1) is 13.9. The van der Waals surface area contributed by atoms with E-state index in [0.29, 0.717) is 17.9 Å². The Morgan fingerprint density at radius 1 is 1.29 bits per heavy atom. The zero-order valence-electron chi connectivity index (χ0n) is 11.1. The molecule has 1 aromatic rings. The van der Waals surface area contributed by atoms with E-state index >= 15 is 0 Å². The van der Waals surface area contributed by atoms with Crippen LogP contribution in [0.4, 0.5) is 16.2 Å². The third-order valence-corrected chi connectivity index (χ3v) is 2.98. The maximum absolute atomic E-state index is 11.7. The molecule has 1 heterocycles. The molecule has 2 amide bonds. The molecule has 1 aliphatic heterocycles. The van der Waals surface area contributed by atoms with Crippen molar-refractivity contribution in [3.8, 4) is 18.2 Å². The Morgan fingerprint density at radius 3 is 2.62 bits per heavy atom. The molecule has 7 heteroatoms. The minimum absolute atomic E-state index is 0.151. The van der Waals surface area contributed by atoms with Crippen LogP contribution in [0.1, 0.15) is 5.56 Å². The Labute approximate surface area is 121 Å². The number of rotatable bonds is 2. The van der Waals surface area contributed by atoms with E-state index in [-0.39, 0.29) is 17.3 Å². The number of carbonyl (C=O) groups is 1. The quantitative estimate of drug-likeness (QED) is 0.801. The summed E-state index contributed by atoms with van der Waals surface area (Å²) in [6.07, 6.45) is 0. The van der Waals surface area contributed by atoms with E-state index < -0.39 is 0 Å². The van der Waals surface area contributed by atoms with Crippen LogP contribution < -0.4 is 10.6 Å². The molecule has 0 bridgehead atoms.